The van der Waals surface area contributed by atoms with Crippen molar-refractivity contribution in [2.24, 2.45) is 0 Å². The summed E-state index contributed by atoms with van der Waals surface area (Å²) >= 11 is 0. The van der Waals surface area contributed by atoms with Gasteiger partial charge in [-0.3, -0.25) is 0 Å². The smallest absolute Gasteiger partial charge is 0.0448 e. The van der Waals surface area contributed by atoms with Gasteiger partial charge in [-0.1, -0.05) is 29.8 Å². The maximum Gasteiger partial charge on any atom is 0.0448 e. The topological polar surface area (TPSA) is 23.5 Å². The lowest BCUT2D eigenvalue weighted by atomic mass is 9.98. The molecule has 96 valence electrons. The van der Waals surface area contributed by atoms with E-state index in [0.717, 1.165) is 19.4 Å². The van der Waals surface area contributed by atoms with E-state index in [1.807, 2.05) is 0 Å². The lowest BCUT2D eigenvalue weighted by molar-refractivity contribution is 0.118. The van der Waals surface area contributed by atoms with Crippen molar-refractivity contribution < 1.29 is 5.11 Å². The zero-order valence-corrected chi connectivity index (χ0v) is 11.5. The van der Waals surface area contributed by atoms with Gasteiger partial charge in [-0.05, 0) is 46.2 Å². The summed E-state index contributed by atoms with van der Waals surface area (Å²) in [6, 6.07) is 8.67. The van der Waals surface area contributed by atoms with E-state index >= 15 is 0 Å². The van der Waals surface area contributed by atoms with Crippen molar-refractivity contribution in [2.75, 3.05) is 20.2 Å². The number of aliphatic hydroxyl groups excluding tert-OH is 1. The highest BCUT2D eigenvalue weighted by Crippen LogP contribution is 2.17. The molecule has 0 aliphatic heterocycles. The Kier molecular flexibility index (Phi) is 5.16. The van der Waals surface area contributed by atoms with Crippen LogP contribution in [-0.2, 0) is 6.42 Å². The second-order valence-electron chi connectivity index (χ2n) is 5.45. The van der Waals surface area contributed by atoms with Gasteiger partial charge in [0.05, 0.1) is 0 Å². The number of hydrogen-bond acceptors (Lipinski definition) is 2. The summed E-state index contributed by atoms with van der Waals surface area (Å²) in [7, 11) is 2.13. The zero-order chi connectivity index (χ0) is 12.9. The molecule has 0 bridgehead atoms. The first-order chi connectivity index (χ1) is 7.95. The van der Waals surface area contributed by atoms with Gasteiger partial charge in [0.15, 0.2) is 0 Å². The summed E-state index contributed by atoms with van der Waals surface area (Å²) in [5.41, 5.74) is 2.77. The normalized spacial score (nSPS) is 12.1. The SMILES string of the molecule is Cc1cccc(CCN(C)C(C)(C)CCO)c1. The van der Waals surface area contributed by atoms with Crippen molar-refractivity contribution in [2.45, 2.75) is 39.2 Å². The summed E-state index contributed by atoms with van der Waals surface area (Å²) in [5.74, 6) is 0. The van der Waals surface area contributed by atoms with Crippen molar-refractivity contribution in [3.05, 3.63) is 35.4 Å². The second kappa shape index (κ2) is 6.18. The first kappa shape index (κ1) is 14.2. The van der Waals surface area contributed by atoms with E-state index in [-0.39, 0.29) is 12.1 Å². The minimum atomic E-state index is 0.0680. The quantitative estimate of drug-likeness (QED) is 0.819. The van der Waals surface area contributed by atoms with Crippen molar-refractivity contribution >= 4 is 0 Å². The molecule has 0 spiro atoms. The van der Waals surface area contributed by atoms with E-state index in [0.29, 0.717) is 0 Å². The van der Waals surface area contributed by atoms with Gasteiger partial charge < -0.3 is 10.0 Å². The number of aryl methyl sites for hydroxylation is 1. The van der Waals surface area contributed by atoms with E-state index in [1.165, 1.54) is 11.1 Å². The predicted octanol–water partition coefficient (Wildman–Crippen LogP) is 2.63. The number of benzene rings is 1. The number of likely N-dealkylation sites (N-methyl/N-ethyl adjacent to an activating group) is 1. The average molecular weight is 235 g/mol. The Balaban J connectivity index is 2.50. The molecular formula is C15H25NO. The van der Waals surface area contributed by atoms with Crippen molar-refractivity contribution in [1.29, 1.82) is 0 Å². The fourth-order valence-corrected chi connectivity index (χ4v) is 1.93. The second-order valence-corrected chi connectivity index (χ2v) is 5.45. The fourth-order valence-electron chi connectivity index (χ4n) is 1.93. The number of rotatable bonds is 6. The van der Waals surface area contributed by atoms with Gasteiger partial charge in [-0.15, -0.1) is 0 Å². The molecule has 0 aliphatic rings. The van der Waals surface area contributed by atoms with Gasteiger partial charge in [-0.25, -0.2) is 0 Å². The lowest BCUT2D eigenvalue weighted by Gasteiger charge is -2.35. The Hall–Kier alpha value is -0.860. The highest BCUT2D eigenvalue weighted by molar-refractivity contribution is 5.22. The van der Waals surface area contributed by atoms with Gasteiger partial charge in [0.2, 0.25) is 0 Å². The molecule has 0 atom stereocenters. The number of aliphatic hydroxyl groups is 1. The molecule has 0 fully saturated rings. The first-order valence-corrected chi connectivity index (χ1v) is 6.33. The maximum atomic E-state index is 9.05. The van der Waals surface area contributed by atoms with Gasteiger partial charge >= 0.3 is 0 Å². The minimum absolute atomic E-state index is 0.0680. The van der Waals surface area contributed by atoms with Crippen LogP contribution in [0.15, 0.2) is 24.3 Å². The van der Waals surface area contributed by atoms with Crippen LogP contribution < -0.4 is 0 Å². The third-order valence-corrected chi connectivity index (χ3v) is 3.58. The molecule has 2 heteroatoms. The van der Waals surface area contributed by atoms with Crippen LogP contribution in [0.4, 0.5) is 0 Å². The molecule has 0 aliphatic carbocycles. The Morgan fingerprint density at radius 2 is 2.00 bits per heavy atom. The molecule has 1 aromatic rings. The van der Waals surface area contributed by atoms with Crippen molar-refractivity contribution in [3.8, 4) is 0 Å². The summed E-state index contributed by atoms with van der Waals surface area (Å²) in [4.78, 5) is 2.32. The van der Waals surface area contributed by atoms with Gasteiger partial charge in [0.25, 0.3) is 0 Å². The summed E-state index contributed by atoms with van der Waals surface area (Å²) in [6.45, 7) is 7.76. The van der Waals surface area contributed by atoms with E-state index in [1.54, 1.807) is 0 Å². The van der Waals surface area contributed by atoms with E-state index in [2.05, 4.69) is 57.0 Å². The molecule has 1 rings (SSSR count). The number of hydrogen-bond donors (Lipinski definition) is 1. The summed E-state index contributed by atoms with van der Waals surface area (Å²) in [5, 5.41) is 9.05. The van der Waals surface area contributed by atoms with Crippen molar-refractivity contribution in [3.63, 3.8) is 0 Å². The predicted molar refractivity (Wildman–Crippen MR) is 73.3 cm³/mol. The molecule has 2 nitrogen and oxygen atoms in total. The number of nitrogens with zero attached hydrogens (tertiary/aromatic N) is 1. The van der Waals surface area contributed by atoms with Gasteiger partial charge in [0, 0.05) is 18.7 Å². The third kappa shape index (κ3) is 4.49. The highest BCUT2D eigenvalue weighted by Gasteiger charge is 2.22. The largest absolute Gasteiger partial charge is 0.396 e. The van der Waals surface area contributed by atoms with Gasteiger partial charge in [-0.2, -0.15) is 0 Å². The highest BCUT2D eigenvalue weighted by atomic mass is 16.3. The Morgan fingerprint density at radius 3 is 2.59 bits per heavy atom. The average Bonchev–Trinajstić information content (AvgIpc) is 2.26. The molecule has 17 heavy (non-hydrogen) atoms. The molecule has 1 aromatic carbocycles. The minimum Gasteiger partial charge on any atom is -0.396 e. The van der Waals surface area contributed by atoms with Crippen LogP contribution in [0.3, 0.4) is 0 Å². The van der Waals surface area contributed by atoms with Crippen LogP contribution in [0.25, 0.3) is 0 Å². The molecule has 0 saturated carbocycles. The maximum absolute atomic E-state index is 9.05. The zero-order valence-electron chi connectivity index (χ0n) is 11.5. The van der Waals surface area contributed by atoms with Crippen molar-refractivity contribution in [1.82, 2.24) is 4.90 Å². The van der Waals surface area contributed by atoms with Crippen LogP contribution >= 0.6 is 0 Å². The fraction of sp³-hybridized carbons (Fsp3) is 0.600. The molecule has 0 aromatic heterocycles. The standard InChI is InChI=1S/C15H25NO/c1-13-6-5-7-14(12-13)8-10-16(4)15(2,3)9-11-17/h5-7,12,17H,8-11H2,1-4H3. The van der Waals surface area contributed by atoms with Crippen LogP contribution in [0.1, 0.15) is 31.4 Å². The lowest BCUT2D eigenvalue weighted by Crippen LogP contribution is -2.42. The van der Waals surface area contributed by atoms with E-state index in [9.17, 15) is 0 Å². The van der Waals surface area contributed by atoms with Crippen LogP contribution in [0.5, 0.6) is 0 Å². The molecule has 1 N–H and O–H groups in total. The first-order valence-electron chi connectivity index (χ1n) is 6.33. The molecule has 0 amide bonds. The monoisotopic (exact) mass is 235 g/mol. The van der Waals surface area contributed by atoms with E-state index < -0.39 is 0 Å². The molecule has 0 radical (unpaired) electrons. The third-order valence-electron chi connectivity index (χ3n) is 3.58. The molecule has 0 unspecified atom stereocenters. The Bertz CT molecular complexity index is 347. The molecule has 0 heterocycles. The van der Waals surface area contributed by atoms with Gasteiger partial charge in [0.1, 0.15) is 0 Å². The molecule has 0 saturated heterocycles. The van der Waals surface area contributed by atoms with E-state index in [4.69, 9.17) is 5.11 Å². The molecular weight excluding hydrogens is 210 g/mol. The summed E-state index contributed by atoms with van der Waals surface area (Å²) in [6.07, 6.45) is 1.88. The van der Waals surface area contributed by atoms with Crippen LogP contribution in [0, 0.1) is 6.92 Å². The summed E-state index contributed by atoms with van der Waals surface area (Å²) < 4.78 is 0. The Labute approximate surface area is 105 Å². The van der Waals surface area contributed by atoms with Crippen LogP contribution in [-0.4, -0.2) is 35.7 Å². The Morgan fingerprint density at radius 1 is 1.29 bits per heavy atom. The van der Waals surface area contributed by atoms with Crippen LogP contribution in [0.2, 0.25) is 0 Å².